The van der Waals surface area contributed by atoms with E-state index in [0.29, 0.717) is 128 Å². The monoisotopic (exact) mass is 1170 g/mol. The maximum absolute atomic E-state index is 13.9. The number of nitrogens with one attached hydrogen (secondary N) is 3. The number of hydrogen-bond donors (Lipinski definition) is 3. The van der Waals surface area contributed by atoms with E-state index in [0.717, 1.165) is 9.13 Å². The fourth-order valence-corrected chi connectivity index (χ4v) is 9.22. The number of alkyl halides is 6. The van der Waals surface area contributed by atoms with Crippen molar-refractivity contribution in [3.05, 3.63) is 24.8 Å². The number of amides is 3. The van der Waals surface area contributed by atoms with Gasteiger partial charge in [0.1, 0.15) is 24.3 Å². The molecule has 0 spiro atoms. The van der Waals surface area contributed by atoms with Crippen LogP contribution in [0.5, 0.6) is 0 Å². The van der Waals surface area contributed by atoms with Gasteiger partial charge in [0.15, 0.2) is 45.6 Å². The number of hydrogen-bond acceptors (Lipinski definition) is 22. The van der Waals surface area contributed by atoms with E-state index in [9.17, 15) is 40.7 Å². The van der Waals surface area contributed by atoms with Crippen LogP contribution in [0.1, 0.15) is 48.5 Å². The molecule has 33 heteroatoms. The minimum absolute atomic E-state index is 0.00349. The van der Waals surface area contributed by atoms with Crippen LogP contribution in [0.2, 0.25) is 0 Å². The minimum Gasteiger partial charge on any atom is -0.444 e. The third-order valence-electron chi connectivity index (χ3n) is 12.9. The molecule has 0 atom stereocenters. The van der Waals surface area contributed by atoms with E-state index < -0.39 is 48.8 Å². The van der Waals surface area contributed by atoms with Crippen LogP contribution in [0.3, 0.4) is 0 Å². The molecule has 10 rings (SSSR count). The van der Waals surface area contributed by atoms with Crippen LogP contribution in [0.15, 0.2) is 24.8 Å². The van der Waals surface area contributed by atoms with Crippen molar-refractivity contribution in [3.63, 3.8) is 0 Å². The molecule has 448 valence electrons. The zero-order valence-electron chi connectivity index (χ0n) is 46.8. The Bertz CT molecular complexity index is 3250. The van der Waals surface area contributed by atoms with Gasteiger partial charge in [0, 0.05) is 110 Å². The predicted molar refractivity (Wildman–Crippen MR) is 290 cm³/mol. The molecule has 0 radical (unpaired) electrons. The molecule has 3 amide bonds. The smallest absolute Gasteiger partial charge is 0.414 e. The number of anilines is 6. The summed E-state index contributed by atoms with van der Waals surface area (Å²) >= 11 is 0. The summed E-state index contributed by atoms with van der Waals surface area (Å²) in [6, 6.07) is 0. The molecule has 0 aromatic carbocycles. The molecule has 6 aromatic rings. The van der Waals surface area contributed by atoms with Crippen molar-refractivity contribution in [1.29, 1.82) is 0 Å². The molecule has 6 aromatic heterocycles. The van der Waals surface area contributed by atoms with Crippen LogP contribution in [0.25, 0.3) is 45.1 Å². The average molecular weight is 1170 g/mol. The van der Waals surface area contributed by atoms with Crippen molar-refractivity contribution in [2.75, 3.05) is 135 Å². The normalized spacial score (nSPS) is 16.7. The first-order valence-electron chi connectivity index (χ1n) is 26.7. The third kappa shape index (κ3) is 15.3. The fraction of sp³-hybridized carbons (Fsp3) is 0.580. The van der Waals surface area contributed by atoms with Gasteiger partial charge in [-0.3, -0.25) is 24.6 Å². The lowest BCUT2D eigenvalue weighted by Crippen LogP contribution is -2.49. The second kappa shape index (κ2) is 24.4. The summed E-state index contributed by atoms with van der Waals surface area (Å²) in [5.41, 5.74) is -0.168. The largest absolute Gasteiger partial charge is 0.444 e. The lowest BCUT2D eigenvalue weighted by molar-refractivity contribution is -0.140. The van der Waals surface area contributed by atoms with E-state index >= 15 is 0 Å². The Morgan fingerprint density at radius 1 is 0.530 bits per heavy atom. The Morgan fingerprint density at radius 3 is 1.25 bits per heavy atom. The van der Waals surface area contributed by atoms with E-state index in [1.54, 1.807) is 51.3 Å². The van der Waals surface area contributed by atoms with E-state index in [-0.39, 0.29) is 63.7 Å². The molecular formula is C50H64F6N20O7. The highest BCUT2D eigenvalue weighted by molar-refractivity contribution is 5.90. The van der Waals surface area contributed by atoms with Gasteiger partial charge in [-0.05, 0) is 41.5 Å². The van der Waals surface area contributed by atoms with Crippen molar-refractivity contribution in [2.24, 2.45) is 0 Å². The molecule has 4 aliphatic heterocycles. The van der Waals surface area contributed by atoms with E-state index in [2.05, 4.69) is 55.8 Å². The van der Waals surface area contributed by atoms with Crippen molar-refractivity contribution >= 4 is 75.9 Å². The van der Waals surface area contributed by atoms with Gasteiger partial charge in [-0.1, -0.05) is 0 Å². The SMILES string of the molecule is CC(=O)N1CCN(c2nc3c(N4CCOCC4)nc(-c4cnc(NC(=O)OC(C)(C)C)nc4)nc3n2CC(F)(F)F)CC1.CC(C)(C)OC(=O)Nc1ncc(-c2nc(N3CCOCC3)c3nc(N4CCNCC4)n(CC(F)(F)F)c3n2)cn1. The summed E-state index contributed by atoms with van der Waals surface area (Å²) in [7, 11) is 0. The van der Waals surface area contributed by atoms with Crippen LogP contribution in [-0.4, -0.2) is 210 Å². The number of imidazole rings is 2. The van der Waals surface area contributed by atoms with E-state index in [1.807, 2.05) is 14.7 Å². The summed E-state index contributed by atoms with van der Waals surface area (Å²) < 4.78 is 107. The highest BCUT2D eigenvalue weighted by Gasteiger charge is 2.37. The van der Waals surface area contributed by atoms with Gasteiger partial charge in [-0.25, -0.2) is 59.4 Å². The van der Waals surface area contributed by atoms with Crippen molar-refractivity contribution < 1.29 is 59.7 Å². The molecule has 83 heavy (non-hydrogen) atoms. The van der Waals surface area contributed by atoms with Crippen LogP contribution < -0.4 is 35.6 Å². The fourth-order valence-electron chi connectivity index (χ4n) is 9.22. The highest BCUT2D eigenvalue weighted by atomic mass is 19.4. The molecular weight excluding hydrogens is 1110 g/mol. The molecule has 0 aliphatic carbocycles. The summed E-state index contributed by atoms with van der Waals surface area (Å²) in [5.74, 6) is 1.18. The van der Waals surface area contributed by atoms with Crippen molar-refractivity contribution in [1.82, 2.24) is 69.2 Å². The predicted octanol–water partition coefficient (Wildman–Crippen LogP) is 5.14. The highest BCUT2D eigenvalue weighted by Crippen LogP contribution is 2.36. The molecule has 4 fully saturated rings. The lowest BCUT2D eigenvalue weighted by Gasteiger charge is -2.35. The summed E-state index contributed by atoms with van der Waals surface area (Å²) in [5, 5.41) is 8.10. The van der Waals surface area contributed by atoms with Gasteiger partial charge >= 0.3 is 24.5 Å². The number of morpholine rings is 2. The number of ether oxygens (including phenoxy) is 4. The molecule has 4 aliphatic rings. The Labute approximate surface area is 471 Å². The second-order valence-electron chi connectivity index (χ2n) is 21.6. The molecule has 3 N–H and O–H groups in total. The first kappa shape index (κ1) is 59.5. The molecule has 0 saturated carbocycles. The quantitative estimate of drug-likeness (QED) is 0.150. The van der Waals surface area contributed by atoms with Gasteiger partial charge < -0.3 is 48.8 Å². The van der Waals surface area contributed by atoms with Gasteiger partial charge in [0.2, 0.25) is 29.7 Å². The van der Waals surface area contributed by atoms with Gasteiger partial charge in [0.05, 0.1) is 37.6 Å². The van der Waals surface area contributed by atoms with Crippen LogP contribution >= 0.6 is 0 Å². The summed E-state index contributed by atoms with van der Waals surface area (Å²) in [4.78, 5) is 89.5. The standard InChI is InChI=1S/C26H33F3N10O4.C24H31F3N10O3/c1-16(40)36-5-7-38(8-6-36)23-32-18-20(37-9-11-42-12-10-37)33-19(34-21(18)39(23)15-26(27,28)29)17-13-30-22(31-14-17)35-24(41)43-25(2,3)4;1-23(2,3)40-22(38)34-20-29-12-15(13-30-20)17-32-18(35-8-10-39-11-9-35)16-19(33-17)37(14-24(25,26)27)21(31-16)36-6-4-28-5-7-36/h13-14H,5-12,15H2,1-4H3,(H,30,31,35,41);12-13,28H,4-11,14H2,1-3H3,(H,29,30,34,38). The molecule has 0 unspecified atom stereocenters. The van der Waals surface area contributed by atoms with Crippen LogP contribution in [-0.2, 0) is 36.8 Å². The number of carbonyl (C=O) groups is 3. The first-order chi connectivity index (χ1) is 39.2. The Hall–Kier alpha value is -8.07. The molecule has 27 nitrogen and oxygen atoms in total. The Morgan fingerprint density at radius 2 is 0.904 bits per heavy atom. The molecule has 0 bridgehead atoms. The van der Waals surface area contributed by atoms with Crippen LogP contribution in [0.4, 0.5) is 71.4 Å². The zero-order valence-corrected chi connectivity index (χ0v) is 46.8. The number of fused-ring (bicyclic) bond motifs is 2. The van der Waals surface area contributed by atoms with E-state index in [1.165, 1.54) is 31.7 Å². The number of carbonyl (C=O) groups excluding carboxylic acids is 3. The van der Waals surface area contributed by atoms with Gasteiger partial charge in [0.25, 0.3) is 0 Å². The molecule has 10 heterocycles. The topological polar surface area (TPSA) is 279 Å². The number of piperazine rings is 2. The first-order valence-corrected chi connectivity index (χ1v) is 26.7. The van der Waals surface area contributed by atoms with E-state index in [4.69, 9.17) is 28.9 Å². The summed E-state index contributed by atoms with van der Waals surface area (Å²) in [6.45, 7) is 16.5. The number of nitrogens with zero attached hydrogens (tertiary/aromatic N) is 17. The number of halogens is 6. The maximum Gasteiger partial charge on any atom is 0.414 e. The van der Waals surface area contributed by atoms with Gasteiger partial charge in [-0.2, -0.15) is 26.3 Å². The third-order valence-corrected chi connectivity index (χ3v) is 12.9. The average Bonchev–Trinajstić information content (AvgIpc) is 2.32. The van der Waals surface area contributed by atoms with Crippen LogP contribution in [0, 0.1) is 0 Å². The Balaban J connectivity index is 0.000000200. The number of rotatable bonds is 10. The van der Waals surface area contributed by atoms with Gasteiger partial charge in [-0.15, -0.1) is 0 Å². The van der Waals surface area contributed by atoms with Crippen molar-refractivity contribution in [3.8, 4) is 22.8 Å². The molecule has 4 saturated heterocycles. The second-order valence-corrected chi connectivity index (χ2v) is 21.6. The minimum atomic E-state index is -4.56. The lowest BCUT2D eigenvalue weighted by atomic mass is 10.2. The zero-order chi connectivity index (χ0) is 59.4. The van der Waals surface area contributed by atoms with Crippen molar-refractivity contribution in [2.45, 2.75) is 85.1 Å². The summed E-state index contributed by atoms with van der Waals surface area (Å²) in [6.07, 6.45) is -4.99. The Kier molecular flexibility index (Phi) is 17.5. The maximum atomic E-state index is 13.9. The number of aromatic nitrogens is 12.